The fourth-order valence-corrected chi connectivity index (χ4v) is 2.55. The Kier molecular flexibility index (Phi) is 2.77. The summed E-state index contributed by atoms with van der Waals surface area (Å²) in [6.45, 7) is 0.427. The van der Waals surface area contributed by atoms with Crippen LogP contribution in [0.3, 0.4) is 0 Å². The lowest BCUT2D eigenvalue weighted by atomic mass is 10.3. The summed E-state index contributed by atoms with van der Waals surface area (Å²) < 4.78 is 8.04. The number of hydrogen-bond donors (Lipinski definition) is 1. The molecule has 106 valence electrons. The second-order valence-corrected chi connectivity index (χ2v) is 5.34. The van der Waals surface area contributed by atoms with Crippen molar-refractivity contribution < 1.29 is 4.74 Å². The number of hydrogen-bond acceptors (Lipinski definition) is 4. The summed E-state index contributed by atoms with van der Waals surface area (Å²) in [5.41, 5.74) is 8.34. The van der Waals surface area contributed by atoms with Crippen molar-refractivity contribution in [2.45, 2.75) is 25.5 Å². The zero-order chi connectivity index (χ0) is 14.2. The number of fused-ring (bicyclic) bond motifs is 1. The number of benzene rings is 1. The average Bonchev–Trinajstić information content (AvgIpc) is 3.26. The van der Waals surface area contributed by atoms with Crippen molar-refractivity contribution in [1.82, 2.24) is 14.5 Å². The van der Waals surface area contributed by atoms with Crippen LogP contribution in [-0.2, 0) is 6.61 Å². The molecule has 1 saturated carbocycles. The molecule has 2 heterocycles. The Morgan fingerprint density at radius 1 is 1.24 bits per heavy atom. The second-order valence-electron chi connectivity index (χ2n) is 5.34. The molecule has 4 rings (SSSR count). The van der Waals surface area contributed by atoms with Crippen LogP contribution in [-0.4, -0.2) is 14.5 Å². The van der Waals surface area contributed by atoms with Gasteiger partial charge in [0.05, 0.1) is 0 Å². The summed E-state index contributed by atoms with van der Waals surface area (Å²) in [4.78, 5) is 9.11. The standard InChI is InChI=1S/C16H16N4O/c17-11-3-1-4-13(9-11)21-10-15-19-14-5-2-8-18-16(14)20(15)12-6-7-12/h1-5,8-9,12H,6-7,10,17H2. The van der Waals surface area contributed by atoms with E-state index in [4.69, 9.17) is 10.5 Å². The molecule has 1 aliphatic carbocycles. The molecule has 0 atom stereocenters. The second kappa shape index (κ2) is 4.77. The highest BCUT2D eigenvalue weighted by Gasteiger charge is 2.28. The van der Waals surface area contributed by atoms with Gasteiger partial charge in [0.25, 0.3) is 0 Å². The number of nitrogens with two attached hydrogens (primary N) is 1. The number of aromatic nitrogens is 3. The van der Waals surface area contributed by atoms with Crippen molar-refractivity contribution in [2.75, 3.05) is 5.73 Å². The maximum atomic E-state index is 5.83. The number of ether oxygens (including phenoxy) is 1. The van der Waals surface area contributed by atoms with Crippen molar-refractivity contribution in [2.24, 2.45) is 0 Å². The molecule has 1 aromatic carbocycles. The van der Waals surface area contributed by atoms with Crippen LogP contribution in [0.5, 0.6) is 5.75 Å². The van der Waals surface area contributed by atoms with E-state index < -0.39 is 0 Å². The zero-order valence-electron chi connectivity index (χ0n) is 11.6. The lowest BCUT2D eigenvalue weighted by Crippen LogP contribution is -2.06. The molecule has 21 heavy (non-hydrogen) atoms. The Morgan fingerprint density at radius 2 is 2.14 bits per heavy atom. The highest BCUT2D eigenvalue weighted by atomic mass is 16.5. The molecule has 0 saturated heterocycles. The lowest BCUT2D eigenvalue weighted by Gasteiger charge is -2.09. The maximum absolute atomic E-state index is 5.83. The van der Waals surface area contributed by atoms with E-state index in [0.29, 0.717) is 18.3 Å². The molecule has 0 radical (unpaired) electrons. The van der Waals surface area contributed by atoms with Gasteiger partial charge < -0.3 is 15.0 Å². The summed E-state index contributed by atoms with van der Waals surface area (Å²) in [5.74, 6) is 1.69. The summed E-state index contributed by atoms with van der Waals surface area (Å²) in [7, 11) is 0. The summed E-state index contributed by atoms with van der Waals surface area (Å²) in [6, 6.07) is 11.9. The van der Waals surface area contributed by atoms with Crippen LogP contribution in [0.1, 0.15) is 24.7 Å². The third-order valence-electron chi connectivity index (χ3n) is 3.66. The van der Waals surface area contributed by atoms with Crippen LogP contribution in [0.4, 0.5) is 5.69 Å². The van der Waals surface area contributed by atoms with Crippen molar-refractivity contribution in [3.8, 4) is 5.75 Å². The summed E-state index contributed by atoms with van der Waals surface area (Å²) >= 11 is 0. The van der Waals surface area contributed by atoms with Gasteiger partial charge in [-0.1, -0.05) is 6.07 Å². The SMILES string of the molecule is Nc1cccc(OCc2nc3cccnc3n2C2CC2)c1. The maximum Gasteiger partial charge on any atom is 0.160 e. The molecule has 2 aromatic heterocycles. The van der Waals surface area contributed by atoms with Gasteiger partial charge in [-0.15, -0.1) is 0 Å². The molecule has 5 heteroatoms. The predicted octanol–water partition coefficient (Wildman–Crippen LogP) is 2.93. The fourth-order valence-electron chi connectivity index (χ4n) is 2.55. The first-order valence-corrected chi connectivity index (χ1v) is 7.11. The average molecular weight is 280 g/mol. The first-order valence-electron chi connectivity index (χ1n) is 7.11. The van der Waals surface area contributed by atoms with Gasteiger partial charge in [0.1, 0.15) is 23.7 Å². The molecule has 1 fully saturated rings. The summed E-state index contributed by atoms with van der Waals surface area (Å²) in [5, 5.41) is 0. The minimum atomic E-state index is 0.427. The highest BCUT2D eigenvalue weighted by Crippen LogP contribution is 2.38. The fraction of sp³-hybridized carbons (Fsp3) is 0.250. The first-order chi connectivity index (χ1) is 10.3. The molecule has 0 amide bonds. The van der Waals surface area contributed by atoms with Crippen molar-refractivity contribution in [1.29, 1.82) is 0 Å². The molecule has 2 N–H and O–H groups in total. The van der Waals surface area contributed by atoms with Gasteiger partial charge in [-0.05, 0) is 37.1 Å². The highest BCUT2D eigenvalue weighted by molar-refractivity contribution is 5.71. The number of pyridine rings is 1. The van der Waals surface area contributed by atoms with Gasteiger partial charge in [-0.2, -0.15) is 0 Å². The lowest BCUT2D eigenvalue weighted by molar-refractivity contribution is 0.290. The number of imidazole rings is 1. The van der Waals surface area contributed by atoms with E-state index in [1.807, 2.05) is 42.6 Å². The van der Waals surface area contributed by atoms with Crippen molar-refractivity contribution >= 4 is 16.9 Å². The van der Waals surface area contributed by atoms with E-state index in [0.717, 1.165) is 22.7 Å². The van der Waals surface area contributed by atoms with Crippen molar-refractivity contribution in [3.63, 3.8) is 0 Å². The molecule has 0 bridgehead atoms. The number of anilines is 1. The van der Waals surface area contributed by atoms with Gasteiger partial charge in [-0.3, -0.25) is 0 Å². The van der Waals surface area contributed by atoms with E-state index in [2.05, 4.69) is 14.5 Å². The van der Waals surface area contributed by atoms with Crippen LogP contribution in [0.15, 0.2) is 42.6 Å². The number of rotatable bonds is 4. The largest absolute Gasteiger partial charge is 0.486 e. The molecule has 0 aliphatic heterocycles. The molecular formula is C16H16N4O. The van der Waals surface area contributed by atoms with Gasteiger partial charge in [0, 0.05) is 24.0 Å². The van der Waals surface area contributed by atoms with E-state index in [-0.39, 0.29) is 0 Å². The van der Waals surface area contributed by atoms with Crippen LogP contribution >= 0.6 is 0 Å². The Bertz CT molecular complexity index is 792. The molecule has 0 spiro atoms. The number of nitrogens with zero attached hydrogens (tertiary/aromatic N) is 3. The van der Waals surface area contributed by atoms with Crippen LogP contribution in [0.25, 0.3) is 11.2 Å². The topological polar surface area (TPSA) is 66.0 Å². The smallest absolute Gasteiger partial charge is 0.160 e. The molecular weight excluding hydrogens is 264 g/mol. The first kappa shape index (κ1) is 12.2. The predicted molar refractivity (Wildman–Crippen MR) is 81.0 cm³/mol. The Balaban J connectivity index is 1.65. The molecule has 3 aromatic rings. The van der Waals surface area contributed by atoms with Crippen LogP contribution in [0, 0.1) is 0 Å². The van der Waals surface area contributed by atoms with E-state index >= 15 is 0 Å². The minimum Gasteiger partial charge on any atom is -0.486 e. The zero-order valence-corrected chi connectivity index (χ0v) is 11.6. The van der Waals surface area contributed by atoms with Crippen LogP contribution in [0.2, 0.25) is 0 Å². The normalized spacial score (nSPS) is 14.5. The monoisotopic (exact) mass is 280 g/mol. The van der Waals surface area contributed by atoms with Gasteiger partial charge in [-0.25, -0.2) is 9.97 Å². The van der Waals surface area contributed by atoms with E-state index in [1.54, 1.807) is 0 Å². The third kappa shape index (κ3) is 2.31. The Labute approximate surface area is 122 Å². The third-order valence-corrected chi connectivity index (χ3v) is 3.66. The van der Waals surface area contributed by atoms with Gasteiger partial charge in [0.15, 0.2) is 5.65 Å². The number of nitrogen functional groups attached to an aromatic ring is 1. The van der Waals surface area contributed by atoms with E-state index in [9.17, 15) is 0 Å². The molecule has 0 unspecified atom stereocenters. The van der Waals surface area contributed by atoms with Crippen LogP contribution < -0.4 is 10.5 Å². The Hall–Kier alpha value is -2.56. The minimum absolute atomic E-state index is 0.427. The van der Waals surface area contributed by atoms with Crippen molar-refractivity contribution in [3.05, 3.63) is 48.4 Å². The summed E-state index contributed by atoms with van der Waals surface area (Å²) in [6.07, 6.45) is 4.19. The molecule has 1 aliphatic rings. The quantitative estimate of drug-likeness (QED) is 0.746. The molecule has 5 nitrogen and oxygen atoms in total. The Morgan fingerprint density at radius 3 is 2.95 bits per heavy atom. The van der Waals surface area contributed by atoms with Gasteiger partial charge >= 0.3 is 0 Å². The van der Waals surface area contributed by atoms with Gasteiger partial charge in [0.2, 0.25) is 0 Å². The van der Waals surface area contributed by atoms with E-state index in [1.165, 1.54) is 12.8 Å².